The van der Waals surface area contributed by atoms with E-state index in [4.69, 9.17) is 21.4 Å². The number of benzene rings is 3. The fourth-order valence-electron chi connectivity index (χ4n) is 9.53. The number of aromatic nitrogens is 2. The highest BCUT2D eigenvalue weighted by atomic mass is 35.5. The highest BCUT2D eigenvalue weighted by molar-refractivity contribution is 7.22. The lowest BCUT2D eigenvalue weighted by molar-refractivity contribution is -0.131. The van der Waals surface area contributed by atoms with Crippen LogP contribution < -0.4 is 14.5 Å². The number of amides is 4. The lowest BCUT2D eigenvalue weighted by Crippen LogP contribution is -2.48. The smallest absolute Gasteiger partial charge is 0.242 e. The first-order chi connectivity index (χ1) is 25.4. The zero-order valence-electron chi connectivity index (χ0n) is 29.4. The maximum atomic E-state index is 15.1. The van der Waals surface area contributed by atoms with Crippen molar-refractivity contribution in [1.29, 1.82) is 0 Å². The molecular formula is C41H35ClN4O6S. The molecule has 2 aromatic heterocycles. The number of hydrogen-bond donors (Lipinski definition) is 1. The topological polar surface area (TPSA) is 122 Å². The van der Waals surface area contributed by atoms with Gasteiger partial charge in [-0.3, -0.25) is 28.8 Å². The molecule has 12 heteroatoms. The normalized spacial score (nSPS) is 26.6. The van der Waals surface area contributed by atoms with Crippen molar-refractivity contribution in [2.75, 3.05) is 16.9 Å². The van der Waals surface area contributed by atoms with Crippen LogP contribution in [0.2, 0.25) is 5.02 Å². The molecule has 1 N–H and O–H groups in total. The highest BCUT2D eigenvalue weighted by Crippen LogP contribution is 2.64. The molecule has 2 aliphatic heterocycles. The molecule has 4 amide bonds. The summed E-state index contributed by atoms with van der Waals surface area (Å²) in [7, 11) is 3.18. The van der Waals surface area contributed by atoms with E-state index in [1.54, 1.807) is 65.5 Å². The van der Waals surface area contributed by atoms with Crippen LogP contribution in [0.1, 0.15) is 36.8 Å². The van der Waals surface area contributed by atoms with Gasteiger partial charge in [0.15, 0.2) is 11.5 Å². The number of aromatic hydroxyl groups is 1. The number of imide groups is 2. The molecule has 4 aliphatic rings. The number of para-hydroxylation sites is 1. The predicted molar refractivity (Wildman–Crippen MR) is 202 cm³/mol. The summed E-state index contributed by atoms with van der Waals surface area (Å²) >= 11 is 7.88. The van der Waals surface area contributed by atoms with E-state index in [-0.39, 0.29) is 41.5 Å². The second kappa shape index (κ2) is 11.9. The molecule has 3 aromatic carbocycles. The molecule has 1 saturated carbocycles. The van der Waals surface area contributed by atoms with Gasteiger partial charge in [0.05, 0.1) is 40.8 Å². The maximum Gasteiger partial charge on any atom is 0.242 e. The van der Waals surface area contributed by atoms with Gasteiger partial charge in [0.25, 0.3) is 0 Å². The summed E-state index contributed by atoms with van der Waals surface area (Å²) in [5.41, 5.74) is 2.40. The third kappa shape index (κ3) is 4.66. The van der Waals surface area contributed by atoms with E-state index in [0.29, 0.717) is 34.2 Å². The van der Waals surface area contributed by atoms with Gasteiger partial charge in [0, 0.05) is 28.8 Å². The number of carbonyl (C=O) groups is 4. The van der Waals surface area contributed by atoms with Crippen LogP contribution in [0.3, 0.4) is 0 Å². The first-order valence-electron chi connectivity index (χ1n) is 17.5. The largest absolute Gasteiger partial charge is 0.504 e. The van der Waals surface area contributed by atoms with Crippen LogP contribution in [-0.2, 0) is 26.2 Å². The SMILES string of the molecule is COc1cc([C@H]2C3=CC[C@@H]4C(=O)N(c5ccccc5)C(=O)[C@@H]4[C@@H]3C[C@H]3C(=O)N(c4cc(-c5sc6ccc(Cl)cc6c5C)nn4C)C(=O)[C@@]23C)ccc1O. The molecule has 268 valence electrons. The first-order valence-corrected chi connectivity index (χ1v) is 18.7. The number of fused-ring (bicyclic) bond motifs is 5. The van der Waals surface area contributed by atoms with Crippen molar-refractivity contribution in [2.45, 2.75) is 32.6 Å². The number of halogens is 1. The van der Waals surface area contributed by atoms with Crippen LogP contribution in [-0.4, -0.2) is 45.6 Å². The molecule has 0 radical (unpaired) electrons. The molecule has 10 nitrogen and oxygen atoms in total. The van der Waals surface area contributed by atoms with E-state index in [1.165, 1.54) is 23.0 Å². The van der Waals surface area contributed by atoms with Crippen LogP contribution in [0.25, 0.3) is 20.7 Å². The van der Waals surface area contributed by atoms with E-state index in [0.717, 1.165) is 26.1 Å². The number of phenolic OH excluding ortho intramolecular Hbond substituents is 1. The van der Waals surface area contributed by atoms with Gasteiger partial charge in [-0.15, -0.1) is 11.3 Å². The Kier molecular flexibility index (Phi) is 7.52. The molecule has 4 heterocycles. The average Bonchev–Trinajstić information content (AvgIpc) is 3.82. The Morgan fingerprint density at radius 2 is 1.72 bits per heavy atom. The van der Waals surface area contributed by atoms with E-state index >= 15 is 4.79 Å². The Hall–Kier alpha value is -5.26. The summed E-state index contributed by atoms with van der Waals surface area (Å²) in [6.07, 6.45) is 2.56. The number of methoxy groups -OCH3 is 1. The number of phenols is 1. The minimum Gasteiger partial charge on any atom is -0.504 e. The number of hydrogen-bond acceptors (Lipinski definition) is 8. The van der Waals surface area contributed by atoms with Crippen LogP contribution >= 0.6 is 22.9 Å². The average molecular weight is 747 g/mol. The van der Waals surface area contributed by atoms with Crippen LogP contribution in [0.4, 0.5) is 11.5 Å². The lowest BCUT2D eigenvalue weighted by Gasteiger charge is -2.49. The van der Waals surface area contributed by atoms with E-state index in [1.807, 2.05) is 44.2 Å². The van der Waals surface area contributed by atoms with E-state index < -0.39 is 35.0 Å². The Bertz CT molecular complexity index is 2450. The number of anilines is 2. The van der Waals surface area contributed by atoms with Gasteiger partial charge in [-0.25, -0.2) is 4.90 Å². The molecule has 53 heavy (non-hydrogen) atoms. The quantitative estimate of drug-likeness (QED) is 0.147. The van der Waals surface area contributed by atoms with Gasteiger partial charge < -0.3 is 9.84 Å². The van der Waals surface area contributed by atoms with Gasteiger partial charge >= 0.3 is 0 Å². The van der Waals surface area contributed by atoms with Gasteiger partial charge in [0.2, 0.25) is 23.6 Å². The molecule has 0 unspecified atom stereocenters. The first kappa shape index (κ1) is 33.6. The van der Waals surface area contributed by atoms with Gasteiger partial charge in [0.1, 0.15) is 11.5 Å². The third-order valence-corrected chi connectivity index (χ3v) is 13.6. The monoisotopic (exact) mass is 746 g/mol. The lowest BCUT2D eigenvalue weighted by atomic mass is 9.51. The minimum atomic E-state index is -1.27. The Morgan fingerprint density at radius 1 is 0.943 bits per heavy atom. The van der Waals surface area contributed by atoms with Gasteiger partial charge in [-0.05, 0) is 91.6 Å². The molecular weight excluding hydrogens is 712 g/mol. The fourth-order valence-corrected chi connectivity index (χ4v) is 10.9. The van der Waals surface area contributed by atoms with Crippen molar-refractivity contribution in [3.63, 3.8) is 0 Å². The number of ether oxygens (including phenoxy) is 1. The molecule has 2 aliphatic carbocycles. The third-order valence-electron chi connectivity index (χ3n) is 12.0. The molecule has 9 rings (SSSR count). The number of rotatable bonds is 5. The molecule has 3 fully saturated rings. The van der Waals surface area contributed by atoms with Crippen LogP contribution in [0, 0.1) is 36.0 Å². The van der Waals surface area contributed by atoms with Crippen molar-refractivity contribution in [3.05, 3.63) is 101 Å². The molecule has 2 saturated heterocycles. The van der Waals surface area contributed by atoms with Gasteiger partial charge in [-0.1, -0.05) is 47.5 Å². The van der Waals surface area contributed by atoms with Crippen molar-refractivity contribution in [1.82, 2.24) is 9.78 Å². The van der Waals surface area contributed by atoms with Crippen LogP contribution in [0.5, 0.6) is 11.5 Å². The molecule has 5 aromatic rings. The van der Waals surface area contributed by atoms with Gasteiger partial charge in [-0.2, -0.15) is 5.10 Å². The van der Waals surface area contributed by atoms with Crippen molar-refractivity contribution in [3.8, 4) is 22.1 Å². The fraction of sp³-hybridized carbons (Fsp3) is 0.293. The summed E-state index contributed by atoms with van der Waals surface area (Å²) in [5.74, 6) is -4.02. The second-order valence-corrected chi connectivity index (χ2v) is 16.1. The Morgan fingerprint density at radius 3 is 2.47 bits per heavy atom. The summed E-state index contributed by atoms with van der Waals surface area (Å²) in [5, 5.41) is 17.0. The molecule has 6 atom stereocenters. The number of thiophene rings is 1. The zero-order chi connectivity index (χ0) is 37.1. The summed E-state index contributed by atoms with van der Waals surface area (Å²) in [4.78, 5) is 61.6. The van der Waals surface area contributed by atoms with Crippen molar-refractivity contribution < 1.29 is 29.0 Å². The zero-order valence-corrected chi connectivity index (χ0v) is 30.9. The highest BCUT2D eigenvalue weighted by Gasteiger charge is 2.68. The predicted octanol–water partition coefficient (Wildman–Crippen LogP) is 7.41. The van der Waals surface area contributed by atoms with E-state index in [9.17, 15) is 19.5 Å². The summed E-state index contributed by atoms with van der Waals surface area (Å²) in [6, 6.07) is 21.4. The second-order valence-electron chi connectivity index (χ2n) is 14.6. The summed E-state index contributed by atoms with van der Waals surface area (Å²) < 4.78 is 8.12. The maximum absolute atomic E-state index is 15.1. The summed E-state index contributed by atoms with van der Waals surface area (Å²) in [6.45, 7) is 3.84. The number of allylic oxidation sites excluding steroid dienone is 2. The molecule has 0 bridgehead atoms. The molecule has 0 spiro atoms. The Balaban J connectivity index is 1.16. The van der Waals surface area contributed by atoms with Crippen molar-refractivity contribution in [2.24, 2.45) is 36.1 Å². The van der Waals surface area contributed by atoms with Crippen molar-refractivity contribution >= 4 is 68.2 Å². The number of aryl methyl sites for hydroxylation is 2. The van der Waals surface area contributed by atoms with E-state index in [2.05, 4.69) is 0 Å². The standard InChI is InChI=1S/C41H35ClN4O6S/c1-20-26-17-22(42)11-15-32(26)53-36(20)29-19-33(44(3)43-29)46-38(49)28-18-27-24(35(41(28,2)40(46)51)21-10-14-30(47)31(16-21)52-4)12-13-25-34(27)39(50)45(37(25)48)23-8-6-5-7-9-23/h5-12,14-17,19,25,27-28,34-35,47H,13,18H2,1-4H3/t25-,27+,28-,34-,35-,41+/m0/s1. The minimum absolute atomic E-state index is 0.0604. The number of nitrogens with zero attached hydrogens (tertiary/aromatic N) is 4. The Labute approximate surface area is 314 Å². The number of carbonyl (C=O) groups excluding carboxylic acids is 4. The van der Waals surface area contributed by atoms with Crippen LogP contribution in [0.15, 0.2) is 84.4 Å².